The molecule has 1 aliphatic rings. The fraction of sp³-hybridized carbons (Fsp3) is 1.00. The minimum Gasteiger partial charge on any atom is -0.388 e. The van der Waals surface area contributed by atoms with Crippen LogP contribution < -0.4 is 5.32 Å². The summed E-state index contributed by atoms with van der Waals surface area (Å²) >= 11 is 0. The Balaban J connectivity index is 2.22. The molecule has 0 aromatic rings. The van der Waals surface area contributed by atoms with Gasteiger partial charge in [0.15, 0.2) is 0 Å². The van der Waals surface area contributed by atoms with Gasteiger partial charge in [-0.2, -0.15) is 0 Å². The van der Waals surface area contributed by atoms with E-state index in [1.165, 1.54) is 25.8 Å². The van der Waals surface area contributed by atoms with Crippen molar-refractivity contribution < 1.29 is 5.11 Å². The Morgan fingerprint density at radius 1 is 1.41 bits per heavy atom. The zero-order valence-electron chi connectivity index (χ0n) is 11.9. The van der Waals surface area contributed by atoms with E-state index in [0.29, 0.717) is 19.1 Å². The van der Waals surface area contributed by atoms with E-state index in [1.807, 2.05) is 25.9 Å². The molecule has 1 saturated heterocycles. The van der Waals surface area contributed by atoms with Crippen molar-refractivity contribution in [1.29, 1.82) is 0 Å². The third-order valence-corrected chi connectivity index (χ3v) is 3.46. The maximum Gasteiger partial charge on any atom is 0.0869 e. The van der Waals surface area contributed by atoms with Crippen molar-refractivity contribution in [1.82, 2.24) is 15.1 Å². The highest BCUT2D eigenvalue weighted by Gasteiger charge is 2.23. The summed E-state index contributed by atoms with van der Waals surface area (Å²) in [5.74, 6) is 0. The van der Waals surface area contributed by atoms with Crippen LogP contribution in [-0.2, 0) is 0 Å². The molecule has 2 atom stereocenters. The first kappa shape index (κ1) is 14.9. The summed E-state index contributed by atoms with van der Waals surface area (Å²) in [6, 6.07) is 0.638. The quantitative estimate of drug-likeness (QED) is 0.707. The first-order valence-corrected chi connectivity index (χ1v) is 6.69. The van der Waals surface area contributed by atoms with Crippen molar-refractivity contribution >= 4 is 0 Å². The average Bonchev–Trinajstić information content (AvgIpc) is 2.18. The second kappa shape index (κ2) is 6.69. The second-order valence-electron chi connectivity index (χ2n) is 6.00. The summed E-state index contributed by atoms with van der Waals surface area (Å²) in [4.78, 5) is 4.45. The monoisotopic (exact) mass is 243 g/mol. The van der Waals surface area contributed by atoms with Gasteiger partial charge in [0.2, 0.25) is 0 Å². The van der Waals surface area contributed by atoms with Crippen LogP contribution in [0.4, 0.5) is 0 Å². The number of aliphatic hydroxyl groups is 1. The molecule has 2 N–H and O–H groups in total. The third kappa shape index (κ3) is 5.82. The second-order valence-corrected chi connectivity index (χ2v) is 6.00. The molecule has 0 spiro atoms. The molecular weight excluding hydrogens is 214 g/mol. The molecule has 1 fully saturated rings. The number of hydrogen-bond donors (Lipinski definition) is 2. The topological polar surface area (TPSA) is 38.7 Å². The van der Waals surface area contributed by atoms with Gasteiger partial charge in [-0.1, -0.05) is 6.42 Å². The van der Waals surface area contributed by atoms with E-state index in [0.717, 1.165) is 6.54 Å². The van der Waals surface area contributed by atoms with Crippen LogP contribution in [0.15, 0.2) is 0 Å². The van der Waals surface area contributed by atoms with Crippen molar-refractivity contribution in [2.45, 2.75) is 37.8 Å². The Morgan fingerprint density at radius 2 is 2.12 bits per heavy atom. The highest BCUT2D eigenvalue weighted by Crippen LogP contribution is 2.14. The van der Waals surface area contributed by atoms with E-state index in [1.54, 1.807) is 0 Å². The smallest absolute Gasteiger partial charge is 0.0869 e. The van der Waals surface area contributed by atoms with Gasteiger partial charge in [0, 0.05) is 25.7 Å². The van der Waals surface area contributed by atoms with Crippen LogP contribution in [0.5, 0.6) is 0 Å². The molecule has 1 heterocycles. The van der Waals surface area contributed by atoms with Gasteiger partial charge in [-0.25, -0.2) is 0 Å². The summed E-state index contributed by atoms with van der Waals surface area (Å²) in [6.07, 6.45) is 3.94. The number of hydrogen-bond acceptors (Lipinski definition) is 4. The van der Waals surface area contributed by atoms with E-state index in [4.69, 9.17) is 0 Å². The highest BCUT2D eigenvalue weighted by atomic mass is 16.3. The van der Waals surface area contributed by atoms with Gasteiger partial charge in [-0.15, -0.1) is 0 Å². The van der Waals surface area contributed by atoms with Crippen LogP contribution in [0.3, 0.4) is 0 Å². The molecule has 0 aromatic carbocycles. The molecule has 0 saturated carbocycles. The zero-order chi connectivity index (χ0) is 12.9. The Bertz CT molecular complexity index is 219. The van der Waals surface area contributed by atoms with Gasteiger partial charge in [0.1, 0.15) is 0 Å². The van der Waals surface area contributed by atoms with Gasteiger partial charge in [0.25, 0.3) is 0 Å². The van der Waals surface area contributed by atoms with Crippen LogP contribution in [0.25, 0.3) is 0 Å². The number of piperidine rings is 1. The summed E-state index contributed by atoms with van der Waals surface area (Å²) in [5.41, 5.74) is -0.642. The predicted molar refractivity (Wildman–Crippen MR) is 72.3 cm³/mol. The molecule has 0 aromatic heterocycles. The molecule has 0 aliphatic carbocycles. The Hall–Kier alpha value is -0.160. The molecule has 1 rings (SSSR count). The van der Waals surface area contributed by atoms with E-state index in [2.05, 4.69) is 17.3 Å². The predicted octanol–water partition coefficient (Wildman–Crippen LogP) is 0.373. The van der Waals surface area contributed by atoms with Crippen LogP contribution in [0.2, 0.25) is 0 Å². The van der Waals surface area contributed by atoms with E-state index >= 15 is 0 Å². The van der Waals surface area contributed by atoms with Gasteiger partial charge in [0.05, 0.1) is 5.60 Å². The summed E-state index contributed by atoms with van der Waals surface area (Å²) < 4.78 is 0. The number of rotatable bonds is 6. The minimum atomic E-state index is -0.642. The lowest BCUT2D eigenvalue weighted by Crippen LogP contribution is -2.49. The van der Waals surface area contributed by atoms with Crippen LogP contribution >= 0.6 is 0 Å². The molecule has 0 amide bonds. The lowest BCUT2D eigenvalue weighted by Gasteiger charge is -2.34. The fourth-order valence-corrected chi connectivity index (χ4v) is 2.65. The lowest BCUT2D eigenvalue weighted by molar-refractivity contribution is 0.0317. The maximum atomic E-state index is 10.2. The number of nitrogens with one attached hydrogen (secondary N) is 1. The molecule has 4 nitrogen and oxygen atoms in total. The minimum absolute atomic E-state index is 0.638. The van der Waals surface area contributed by atoms with Crippen molar-refractivity contribution in [3.05, 3.63) is 0 Å². The Morgan fingerprint density at radius 3 is 2.71 bits per heavy atom. The number of likely N-dealkylation sites (N-methyl/N-ethyl adjacent to an activating group) is 2. The van der Waals surface area contributed by atoms with Gasteiger partial charge in [-0.3, -0.25) is 0 Å². The largest absolute Gasteiger partial charge is 0.388 e. The normalized spacial score (nSPS) is 26.1. The Kier molecular flexibility index (Phi) is 5.86. The molecule has 1 aliphatic heterocycles. The van der Waals surface area contributed by atoms with Crippen LogP contribution in [0, 0.1) is 0 Å². The van der Waals surface area contributed by atoms with E-state index in [9.17, 15) is 5.11 Å². The maximum absolute atomic E-state index is 10.2. The average molecular weight is 243 g/mol. The molecule has 0 bridgehead atoms. The van der Waals surface area contributed by atoms with Gasteiger partial charge < -0.3 is 20.2 Å². The molecule has 17 heavy (non-hydrogen) atoms. The Labute approximate surface area is 106 Å². The molecule has 2 unspecified atom stereocenters. The zero-order valence-corrected chi connectivity index (χ0v) is 11.9. The molecule has 102 valence electrons. The highest BCUT2D eigenvalue weighted by molar-refractivity contribution is 4.81. The molecule has 4 heteroatoms. The van der Waals surface area contributed by atoms with Crippen molar-refractivity contribution in [3.63, 3.8) is 0 Å². The van der Waals surface area contributed by atoms with Crippen LogP contribution in [-0.4, -0.2) is 73.9 Å². The standard InChI is InChI=1S/C13H29N3O/c1-13(17,11-15(2)3)10-14-9-12-7-5-6-8-16(12)4/h12,14,17H,5-11H2,1-4H3. The van der Waals surface area contributed by atoms with Gasteiger partial charge in [-0.05, 0) is 47.5 Å². The third-order valence-electron chi connectivity index (χ3n) is 3.46. The first-order valence-electron chi connectivity index (χ1n) is 6.69. The fourth-order valence-electron chi connectivity index (χ4n) is 2.65. The summed E-state index contributed by atoms with van der Waals surface area (Å²) in [6.45, 7) is 5.45. The number of nitrogens with zero attached hydrogens (tertiary/aromatic N) is 2. The SMILES string of the molecule is CN(C)CC(C)(O)CNCC1CCCCN1C. The molecular formula is C13H29N3O. The van der Waals surface area contributed by atoms with Crippen molar-refractivity contribution in [2.75, 3.05) is 47.3 Å². The first-order chi connectivity index (χ1) is 7.91. The molecule has 0 radical (unpaired) electrons. The van der Waals surface area contributed by atoms with E-state index < -0.39 is 5.60 Å². The van der Waals surface area contributed by atoms with Crippen LogP contribution in [0.1, 0.15) is 26.2 Å². The van der Waals surface area contributed by atoms with Crippen molar-refractivity contribution in [3.8, 4) is 0 Å². The van der Waals surface area contributed by atoms with Crippen molar-refractivity contribution in [2.24, 2.45) is 0 Å². The number of likely N-dealkylation sites (tertiary alicyclic amines) is 1. The summed E-state index contributed by atoms with van der Waals surface area (Å²) in [7, 11) is 6.18. The van der Waals surface area contributed by atoms with E-state index in [-0.39, 0.29) is 0 Å². The lowest BCUT2D eigenvalue weighted by atomic mass is 10.0. The van der Waals surface area contributed by atoms with Gasteiger partial charge >= 0.3 is 0 Å². The summed E-state index contributed by atoms with van der Waals surface area (Å²) in [5, 5.41) is 13.6.